The van der Waals surface area contributed by atoms with E-state index in [4.69, 9.17) is 0 Å². The Hall–Kier alpha value is -4.22. The molecule has 2 aliphatic heterocycles. The van der Waals surface area contributed by atoms with E-state index in [1.165, 1.54) is 32.1 Å². The Morgan fingerprint density at radius 2 is 0.917 bits per heavy atom. The minimum Gasteiger partial charge on any atom is -0.248 e. The van der Waals surface area contributed by atoms with Crippen LogP contribution in [0.1, 0.15) is 22.3 Å². The first-order chi connectivity index (χ1) is 23.1. The Morgan fingerprint density at radius 1 is 0.521 bits per heavy atom. The molecule has 6 nitrogen and oxygen atoms in total. The van der Waals surface area contributed by atoms with Crippen LogP contribution >= 0.6 is 23.5 Å². The minimum atomic E-state index is -3.82. The van der Waals surface area contributed by atoms with E-state index >= 15 is 0 Å². The molecule has 5 aromatic carbocycles. The van der Waals surface area contributed by atoms with Crippen LogP contribution in [0, 0.1) is 13.8 Å². The zero-order chi connectivity index (χ0) is 33.5. The van der Waals surface area contributed by atoms with Crippen LogP contribution in [-0.4, -0.2) is 27.6 Å². The van der Waals surface area contributed by atoms with Gasteiger partial charge in [0.25, 0.3) is 20.0 Å². The lowest BCUT2D eigenvalue weighted by atomic mass is 10.1. The summed E-state index contributed by atoms with van der Waals surface area (Å²) in [4.78, 5) is 2.31. The lowest BCUT2D eigenvalue weighted by Gasteiger charge is -2.24. The molecule has 0 N–H and O–H groups in total. The van der Waals surface area contributed by atoms with Crippen molar-refractivity contribution < 1.29 is 16.8 Å². The summed E-state index contributed by atoms with van der Waals surface area (Å²) in [5.41, 5.74) is 5.10. The maximum atomic E-state index is 13.9. The summed E-state index contributed by atoms with van der Waals surface area (Å²) >= 11 is 2.99. The highest BCUT2D eigenvalue weighted by Gasteiger charge is 2.39. The minimum absolute atomic E-state index is 0.251. The number of hydrogen-bond donors (Lipinski definition) is 0. The maximum absolute atomic E-state index is 13.9. The highest BCUT2D eigenvalue weighted by Crippen LogP contribution is 2.48. The summed E-state index contributed by atoms with van der Waals surface area (Å²) in [7, 11) is -7.63. The number of sulfonamides is 2. The molecule has 2 aliphatic rings. The Morgan fingerprint density at radius 3 is 1.33 bits per heavy atom. The fourth-order valence-electron chi connectivity index (χ4n) is 5.68. The number of anilines is 2. The first-order valence-corrected chi connectivity index (χ1v) is 20.0. The van der Waals surface area contributed by atoms with Crippen LogP contribution in [0.25, 0.3) is 12.2 Å². The van der Waals surface area contributed by atoms with Gasteiger partial charge in [0.15, 0.2) is 0 Å². The van der Waals surface area contributed by atoms with Crippen molar-refractivity contribution in [3.63, 3.8) is 0 Å². The molecule has 242 valence electrons. The van der Waals surface area contributed by atoms with Gasteiger partial charge in [0.05, 0.1) is 21.2 Å². The topological polar surface area (TPSA) is 74.8 Å². The second-order valence-corrected chi connectivity index (χ2v) is 17.5. The van der Waals surface area contributed by atoms with Crippen LogP contribution in [0.4, 0.5) is 11.4 Å². The van der Waals surface area contributed by atoms with Gasteiger partial charge < -0.3 is 0 Å². The highest BCUT2D eigenvalue weighted by atomic mass is 32.2. The average Bonchev–Trinajstić information content (AvgIpc) is 3.66. The molecule has 5 aromatic rings. The first kappa shape index (κ1) is 32.3. The van der Waals surface area contributed by atoms with Crippen molar-refractivity contribution in [3.05, 3.63) is 156 Å². The van der Waals surface area contributed by atoms with E-state index < -0.39 is 30.8 Å². The molecule has 0 saturated carbocycles. The quantitative estimate of drug-likeness (QED) is 0.160. The van der Waals surface area contributed by atoms with Gasteiger partial charge in [0.1, 0.15) is 10.7 Å². The number of benzene rings is 5. The molecule has 48 heavy (non-hydrogen) atoms. The number of fused-ring (bicyclic) bond motifs is 2. The highest BCUT2D eigenvalue weighted by molar-refractivity contribution is 8.03. The number of para-hydroxylation sites is 2. The zero-order valence-electron chi connectivity index (χ0n) is 26.2. The van der Waals surface area contributed by atoms with Crippen molar-refractivity contribution >= 4 is 67.1 Å². The predicted molar refractivity (Wildman–Crippen MR) is 198 cm³/mol. The van der Waals surface area contributed by atoms with E-state index in [1.807, 2.05) is 135 Å². The van der Waals surface area contributed by atoms with Crippen LogP contribution in [0.2, 0.25) is 0 Å². The molecule has 0 radical (unpaired) electrons. The third-order valence-electron chi connectivity index (χ3n) is 8.14. The SMILES string of the molecule is Cc1ccc(S(=O)(=O)N2c3ccccc3SC2/C=C/c2cccc(/C=C/C3Sc4ccccc4N3S(=O)(=O)c3ccc(C)cc3)c2)cc1. The number of rotatable bonds is 8. The largest absolute Gasteiger partial charge is 0.265 e. The molecule has 0 bridgehead atoms. The fourth-order valence-corrected chi connectivity index (χ4v) is 11.8. The van der Waals surface area contributed by atoms with Gasteiger partial charge in [-0.15, -0.1) is 0 Å². The zero-order valence-corrected chi connectivity index (χ0v) is 29.4. The van der Waals surface area contributed by atoms with Crippen molar-refractivity contribution in [2.75, 3.05) is 8.61 Å². The molecule has 0 saturated heterocycles. The van der Waals surface area contributed by atoms with Gasteiger partial charge >= 0.3 is 0 Å². The third-order valence-corrected chi connectivity index (χ3v) is 14.4. The fraction of sp³-hybridized carbons (Fsp3) is 0.105. The third kappa shape index (κ3) is 6.21. The smallest absolute Gasteiger partial charge is 0.248 e. The molecule has 7 rings (SSSR count). The molecular formula is C38H32N2O4S4. The molecule has 0 aromatic heterocycles. The van der Waals surface area contributed by atoms with Crippen molar-refractivity contribution in [1.82, 2.24) is 0 Å². The summed E-state index contributed by atoms with van der Waals surface area (Å²) in [5, 5.41) is -0.941. The van der Waals surface area contributed by atoms with Crippen molar-refractivity contribution in [3.8, 4) is 0 Å². The van der Waals surface area contributed by atoms with Gasteiger partial charge in [-0.3, -0.25) is 0 Å². The normalized spacial score (nSPS) is 17.7. The van der Waals surface area contributed by atoms with Crippen molar-refractivity contribution in [2.45, 2.75) is 44.2 Å². The van der Waals surface area contributed by atoms with Gasteiger partial charge in [0, 0.05) is 9.79 Å². The van der Waals surface area contributed by atoms with Crippen molar-refractivity contribution in [1.29, 1.82) is 0 Å². The summed E-state index contributed by atoms with van der Waals surface area (Å²) < 4.78 is 58.6. The number of hydrogen-bond acceptors (Lipinski definition) is 6. The van der Waals surface area contributed by atoms with E-state index in [-0.39, 0.29) is 9.79 Å². The Kier molecular flexibility index (Phi) is 8.76. The first-order valence-electron chi connectivity index (χ1n) is 15.3. The van der Waals surface area contributed by atoms with E-state index in [0.29, 0.717) is 11.4 Å². The Bertz CT molecular complexity index is 2110. The van der Waals surface area contributed by atoms with Crippen LogP contribution in [0.15, 0.2) is 153 Å². The van der Waals surface area contributed by atoms with Gasteiger partial charge in [-0.25, -0.2) is 25.4 Å². The second kappa shape index (κ2) is 13.0. The Balaban J connectivity index is 1.15. The average molecular weight is 709 g/mol. The van der Waals surface area contributed by atoms with Crippen molar-refractivity contribution in [2.24, 2.45) is 0 Å². The van der Waals surface area contributed by atoms with Gasteiger partial charge in [0.2, 0.25) is 0 Å². The van der Waals surface area contributed by atoms with Crippen LogP contribution in [0.3, 0.4) is 0 Å². The monoisotopic (exact) mass is 708 g/mol. The second-order valence-electron chi connectivity index (χ2n) is 11.6. The summed E-state index contributed by atoms with van der Waals surface area (Å²) in [6, 6.07) is 36.8. The van der Waals surface area contributed by atoms with Gasteiger partial charge in [-0.05, 0) is 91.7 Å². The molecule has 2 unspecified atom stereocenters. The van der Waals surface area contributed by atoms with Gasteiger partial charge in [-0.1, -0.05) is 114 Å². The maximum Gasteiger partial charge on any atom is 0.265 e. The summed E-state index contributed by atoms with van der Waals surface area (Å²) in [6.45, 7) is 3.86. The van der Waals surface area contributed by atoms with Crippen LogP contribution in [0.5, 0.6) is 0 Å². The molecule has 0 amide bonds. The number of thioether (sulfide) groups is 2. The van der Waals surface area contributed by atoms with Gasteiger partial charge in [-0.2, -0.15) is 0 Å². The molecule has 2 atom stereocenters. The molecular weight excluding hydrogens is 677 g/mol. The number of nitrogens with zero attached hydrogens (tertiary/aromatic N) is 2. The standard InChI is InChI=1S/C38H32N2O4S4/c1-27-14-20-31(21-15-27)47(41,42)39-33-10-3-5-12-35(33)45-37(39)24-18-29-8-7-9-30(26-29)19-25-38-40(34-11-4-6-13-36(34)46-38)48(43,44)32-22-16-28(2)17-23-32/h3-26,37-38H,1-2H3/b24-18+,25-19+. The molecule has 0 aliphatic carbocycles. The summed E-state index contributed by atoms with van der Waals surface area (Å²) in [6.07, 6.45) is 7.71. The summed E-state index contributed by atoms with van der Waals surface area (Å²) in [5.74, 6) is 0. The van der Waals surface area contributed by atoms with E-state index in [0.717, 1.165) is 32.0 Å². The lowest BCUT2D eigenvalue weighted by molar-refractivity contribution is 0.590. The van der Waals surface area contributed by atoms with Crippen LogP contribution in [-0.2, 0) is 20.0 Å². The molecule has 0 fully saturated rings. The molecule has 10 heteroatoms. The van der Waals surface area contributed by atoms with E-state index in [1.54, 1.807) is 24.3 Å². The van der Waals surface area contributed by atoms with E-state index in [9.17, 15) is 16.8 Å². The van der Waals surface area contributed by atoms with Crippen LogP contribution < -0.4 is 8.61 Å². The lowest BCUT2D eigenvalue weighted by Crippen LogP contribution is -2.34. The number of aryl methyl sites for hydroxylation is 2. The molecule has 0 spiro atoms. The molecule has 2 heterocycles. The predicted octanol–water partition coefficient (Wildman–Crippen LogP) is 8.98. The van der Waals surface area contributed by atoms with E-state index in [2.05, 4.69) is 0 Å². The Labute approximate surface area is 290 Å².